The van der Waals surface area contributed by atoms with Crippen LogP contribution in [0.1, 0.15) is 13.8 Å². The minimum atomic E-state index is -4.15. The maximum Gasteiger partial charge on any atom is 0.260 e. The second-order valence-electron chi connectivity index (χ2n) is 5.13. The third kappa shape index (κ3) is 4.36. The number of hydrogen-bond donors (Lipinski definition) is 2. The van der Waals surface area contributed by atoms with Gasteiger partial charge in [-0.1, -0.05) is 26.0 Å². The summed E-state index contributed by atoms with van der Waals surface area (Å²) in [5.74, 6) is -0.834. The summed E-state index contributed by atoms with van der Waals surface area (Å²) in [4.78, 5) is 5.34. The maximum absolute atomic E-state index is 13.6. The van der Waals surface area contributed by atoms with Gasteiger partial charge in [0.25, 0.3) is 10.0 Å². The minimum Gasteiger partial charge on any atom is -0.292 e. The Labute approximate surface area is 152 Å². The number of pyridine rings is 1. The Balaban J connectivity index is 2.14. The number of anilines is 1. The standard InChI is InChI=1S/C15H19FN4O4S2/c1-3-20(4-2)26(23,24)12-9-10-15(17-11-12)18-19-25(21,22)14-8-6-5-7-13(14)16/h5-11,19H,3-4H2,1-2H3,(H,17,18). The highest BCUT2D eigenvalue weighted by Crippen LogP contribution is 2.17. The number of halogens is 1. The Hall–Kier alpha value is -2.08. The van der Waals surface area contributed by atoms with E-state index in [1.165, 1.54) is 28.6 Å². The second kappa shape index (κ2) is 8.08. The smallest absolute Gasteiger partial charge is 0.260 e. The van der Waals surface area contributed by atoms with Crippen LogP contribution in [0.4, 0.5) is 10.2 Å². The van der Waals surface area contributed by atoms with Crippen LogP contribution in [0.3, 0.4) is 0 Å². The molecule has 0 aliphatic carbocycles. The summed E-state index contributed by atoms with van der Waals surface area (Å²) in [6.07, 6.45) is 1.12. The topological polar surface area (TPSA) is 108 Å². The van der Waals surface area contributed by atoms with Crippen molar-refractivity contribution >= 4 is 25.9 Å². The van der Waals surface area contributed by atoms with Gasteiger partial charge in [0.05, 0.1) is 0 Å². The zero-order valence-electron chi connectivity index (χ0n) is 14.2. The summed E-state index contributed by atoms with van der Waals surface area (Å²) in [5, 5.41) is 0. The molecule has 142 valence electrons. The van der Waals surface area contributed by atoms with Crippen molar-refractivity contribution in [2.45, 2.75) is 23.6 Å². The van der Waals surface area contributed by atoms with Crippen LogP contribution in [0.15, 0.2) is 52.4 Å². The molecule has 0 unspecified atom stereocenters. The van der Waals surface area contributed by atoms with Gasteiger partial charge in [0.15, 0.2) is 0 Å². The Morgan fingerprint density at radius 3 is 2.23 bits per heavy atom. The lowest BCUT2D eigenvalue weighted by molar-refractivity contribution is 0.445. The molecule has 26 heavy (non-hydrogen) atoms. The van der Waals surface area contributed by atoms with Gasteiger partial charge in [0, 0.05) is 19.3 Å². The average Bonchev–Trinajstić information content (AvgIpc) is 2.61. The molecule has 0 saturated carbocycles. The number of aromatic nitrogens is 1. The Bertz CT molecular complexity index is 959. The lowest BCUT2D eigenvalue weighted by atomic mass is 10.4. The molecule has 11 heteroatoms. The van der Waals surface area contributed by atoms with Crippen molar-refractivity contribution in [2.24, 2.45) is 0 Å². The molecule has 2 N–H and O–H groups in total. The SMILES string of the molecule is CCN(CC)S(=O)(=O)c1ccc(NNS(=O)(=O)c2ccccc2F)nc1. The van der Waals surface area contributed by atoms with Gasteiger partial charge in [0.2, 0.25) is 10.0 Å². The highest BCUT2D eigenvalue weighted by Gasteiger charge is 2.22. The van der Waals surface area contributed by atoms with Crippen molar-refractivity contribution in [3.05, 3.63) is 48.4 Å². The van der Waals surface area contributed by atoms with Crippen LogP contribution >= 0.6 is 0 Å². The van der Waals surface area contributed by atoms with E-state index in [0.717, 1.165) is 18.3 Å². The number of hydrogen-bond acceptors (Lipinski definition) is 6. The van der Waals surface area contributed by atoms with E-state index < -0.39 is 30.8 Å². The van der Waals surface area contributed by atoms with Crippen LogP contribution in [0.2, 0.25) is 0 Å². The summed E-state index contributed by atoms with van der Waals surface area (Å²) in [6, 6.07) is 7.52. The molecule has 0 aliphatic rings. The van der Waals surface area contributed by atoms with E-state index in [0.29, 0.717) is 13.1 Å². The van der Waals surface area contributed by atoms with Gasteiger partial charge < -0.3 is 0 Å². The highest BCUT2D eigenvalue weighted by atomic mass is 32.2. The van der Waals surface area contributed by atoms with Gasteiger partial charge in [-0.15, -0.1) is 4.83 Å². The van der Waals surface area contributed by atoms with Crippen molar-refractivity contribution in [2.75, 3.05) is 18.5 Å². The monoisotopic (exact) mass is 402 g/mol. The predicted octanol–water partition coefficient (Wildman–Crippen LogP) is 1.56. The van der Waals surface area contributed by atoms with E-state index in [9.17, 15) is 21.2 Å². The molecule has 1 aromatic carbocycles. The van der Waals surface area contributed by atoms with E-state index in [-0.39, 0.29) is 10.7 Å². The molecule has 0 spiro atoms. The van der Waals surface area contributed by atoms with Gasteiger partial charge in [-0.3, -0.25) is 5.43 Å². The second-order valence-corrected chi connectivity index (χ2v) is 8.72. The molecule has 0 radical (unpaired) electrons. The molecule has 0 fully saturated rings. The zero-order chi connectivity index (χ0) is 19.4. The Kier molecular flexibility index (Phi) is 6.29. The molecule has 0 saturated heterocycles. The molecule has 2 rings (SSSR count). The van der Waals surface area contributed by atoms with E-state index >= 15 is 0 Å². The van der Waals surface area contributed by atoms with Gasteiger partial charge in [-0.05, 0) is 24.3 Å². The summed E-state index contributed by atoms with van der Waals surface area (Å²) in [5.41, 5.74) is 2.32. The largest absolute Gasteiger partial charge is 0.292 e. The maximum atomic E-state index is 13.6. The van der Waals surface area contributed by atoms with E-state index in [2.05, 4.69) is 10.4 Å². The molecule has 2 aromatic rings. The molecule has 1 heterocycles. The number of benzene rings is 1. The van der Waals surface area contributed by atoms with Crippen LogP contribution in [0.5, 0.6) is 0 Å². The Morgan fingerprint density at radius 1 is 1.04 bits per heavy atom. The molecule has 0 bridgehead atoms. The number of nitrogens with zero attached hydrogens (tertiary/aromatic N) is 2. The van der Waals surface area contributed by atoms with Gasteiger partial charge in [-0.25, -0.2) is 26.2 Å². The lowest BCUT2D eigenvalue weighted by Crippen LogP contribution is -2.31. The van der Waals surface area contributed by atoms with Crippen LogP contribution < -0.4 is 10.3 Å². The first-order chi connectivity index (χ1) is 12.2. The summed E-state index contributed by atoms with van der Waals surface area (Å²) in [6.45, 7) is 4.09. The molecule has 0 amide bonds. The van der Waals surface area contributed by atoms with Crippen molar-refractivity contribution < 1.29 is 21.2 Å². The third-order valence-electron chi connectivity index (χ3n) is 3.52. The van der Waals surface area contributed by atoms with Crippen LogP contribution in [0, 0.1) is 5.82 Å². The van der Waals surface area contributed by atoms with Crippen LogP contribution in [-0.4, -0.2) is 39.2 Å². The number of nitrogens with one attached hydrogen (secondary N) is 2. The fourth-order valence-electron chi connectivity index (χ4n) is 2.16. The molecular formula is C15H19FN4O4S2. The molecule has 0 atom stereocenters. The molecule has 1 aromatic heterocycles. The number of sulfonamides is 2. The van der Waals surface area contributed by atoms with Crippen molar-refractivity contribution in [1.29, 1.82) is 0 Å². The van der Waals surface area contributed by atoms with Gasteiger partial charge in [0.1, 0.15) is 21.4 Å². The molecule has 8 nitrogen and oxygen atoms in total. The third-order valence-corrected chi connectivity index (χ3v) is 6.83. The quantitative estimate of drug-likeness (QED) is 0.649. The minimum absolute atomic E-state index is 0.0105. The van der Waals surface area contributed by atoms with Crippen LogP contribution in [-0.2, 0) is 20.0 Å². The highest BCUT2D eigenvalue weighted by molar-refractivity contribution is 7.89. The zero-order valence-corrected chi connectivity index (χ0v) is 15.8. The van der Waals surface area contributed by atoms with Crippen molar-refractivity contribution in [3.63, 3.8) is 0 Å². The Morgan fingerprint density at radius 2 is 1.69 bits per heavy atom. The fraction of sp³-hybridized carbons (Fsp3) is 0.267. The normalized spacial score (nSPS) is 12.3. The van der Waals surface area contributed by atoms with Crippen molar-refractivity contribution in [3.8, 4) is 0 Å². The molecule has 0 aliphatic heterocycles. The summed E-state index contributed by atoms with van der Waals surface area (Å²) in [7, 11) is -7.81. The number of hydrazine groups is 1. The van der Waals surface area contributed by atoms with E-state index in [1.54, 1.807) is 13.8 Å². The first-order valence-electron chi connectivity index (χ1n) is 7.71. The fourth-order valence-corrected chi connectivity index (χ4v) is 4.49. The van der Waals surface area contributed by atoms with Crippen molar-refractivity contribution in [1.82, 2.24) is 14.1 Å². The lowest BCUT2D eigenvalue weighted by Gasteiger charge is -2.18. The van der Waals surface area contributed by atoms with Gasteiger partial charge in [-0.2, -0.15) is 4.31 Å². The van der Waals surface area contributed by atoms with E-state index in [4.69, 9.17) is 0 Å². The van der Waals surface area contributed by atoms with E-state index in [1.807, 2.05) is 4.83 Å². The first kappa shape index (κ1) is 20.2. The molecular weight excluding hydrogens is 383 g/mol. The summed E-state index contributed by atoms with van der Waals surface area (Å²) >= 11 is 0. The number of rotatable bonds is 8. The first-order valence-corrected chi connectivity index (χ1v) is 10.6. The average molecular weight is 402 g/mol. The predicted molar refractivity (Wildman–Crippen MR) is 94.7 cm³/mol. The van der Waals surface area contributed by atoms with Gasteiger partial charge >= 0.3 is 0 Å². The summed E-state index contributed by atoms with van der Waals surface area (Å²) < 4.78 is 63.7. The van der Waals surface area contributed by atoms with Crippen LogP contribution in [0.25, 0.3) is 0 Å².